The Labute approximate surface area is 119 Å². The molecule has 1 aliphatic carbocycles. The van der Waals surface area contributed by atoms with Gasteiger partial charge in [-0.2, -0.15) is 0 Å². The van der Waals surface area contributed by atoms with Crippen molar-refractivity contribution in [3.8, 4) is 0 Å². The standard InChI is InChI=1S/C14H12N2O3S/c1-7-3-2-4-9-11(7)20-13-10(16-12(9)17)5-8(6-15-13)14(18)19/h2,4-7H,3H2,1H3,(H,16,17)(H,18,19). The van der Waals surface area contributed by atoms with Crippen molar-refractivity contribution in [1.29, 1.82) is 0 Å². The molecule has 0 radical (unpaired) electrons. The van der Waals surface area contributed by atoms with Crippen LogP contribution in [0, 0.1) is 5.92 Å². The first-order valence-corrected chi connectivity index (χ1v) is 7.01. The molecule has 0 aromatic carbocycles. The van der Waals surface area contributed by atoms with Gasteiger partial charge in [-0.25, -0.2) is 9.78 Å². The molecule has 102 valence electrons. The van der Waals surface area contributed by atoms with Gasteiger partial charge in [0.1, 0.15) is 5.03 Å². The van der Waals surface area contributed by atoms with E-state index in [-0.39, 0.29) is 17.4 Å². The van der Waals surface area contributed by atoms with E-state index in [1.165, 1.54) is 24.0 Å². The summed E-state index contributed by atoms with van der Waals surface area (Å²) < 4.78 is 0. The maximum Gasteiger partial charge on any atom is 0.337 e. The van der Waals surface area contributed by atoms with E-state index < -0.39 is 5.97 Å². The van der Waals surface area contributed by atoms with Crippen LogP contribution in [0.15, 0.2) is 39.9 Å². The number of aromatic carboxylic acids is 1. The van der Waals surface area contributed by atoms with E-state index in [1.54, 1.807) is 0 Å². The number of allylic oxidation sites excluding steroid dienone is 2. The molecule has 0 spiro atoms. The van der Waals surface area contributed by atoms with E-state index in [9.17, 15) is 9.59 Å². The summed E-state index contributed by atoms with van der Waals surface area (Å²) >= 11 is 1.44. The average molecular weight is 288 g/mol. The van der Waals surface area contributed by atoms with Gasteiger partial charge >= 0.3 is 5.97 Å². The van der Waals surface area contributed by atoms with Crippen molar-refractivity contribution in [1.82, 2.24) is 4.98 Å². The van der Waals surface area contributed by atoms with E-state index in [1.807, 2.05) is 12.2 Å². The Hall–Kier alpha value is -2.08. The minimum absolute atomic E-state index is 0.0631. The van der Waals surface area contributed by atoms with Crippen molar-refractivity contribution in [2.24, 2.45) is 5.92 Å². The van der Waals surface area contributed by atoms with E-state index >= 15 is 0 Å². The largest absolute Gasteiger partial charge is 0.478 e. The lowest BCUT2D eigenvalue weighted by Gasteiger charge is -2.18. The summed E-state index contributed by atoms with van der Waals surface area (Å²) in [6.07, 6.45) is 6.01. The number of pyridine rings is 1. The Morgan fingerprint density at radius 2 is 2.35 bits per heavy atom. The number of carboxylic acid groups (broad SMARTS) is 1. The number of nitrogens with one attached hydrogen (secondary N) is 1. The third-order valence-corrected chi connectivity index (χ3v) is 4.65. The normalized spacial score (nSPS) is 20.9. The number of carboxylic acids is 1. The number of hydrogen-bond donors (Lipinski definition) is 2. The molecule has 2 N–H and O–H groups in total. The summed E-state index contributed by atoms with van der Waals surface area (Å²) in [5.41, 5.74) is 1.16. The molecule has 3 rings (SSSR count). The molecule has 2 aliphatic rings. The molecule has 0 fully saturated rings. The number of anilines is 1. The number of carbonyl (C=O) groups excluding carboxylic acids is 1. The van der Waals surface area contributed by atoms with E-state index in [2.05, 4.69) is 17.2 Å². The zero-order chi connectivity index (χ0) is 14.3. The van der Waals surface area contributed by atoms with E-state index in [0.29, 0.717) is 16.3 Å². The van der Waals surface area contributed by atoms with Crippen molar-refractivity contribution in [2.75, 3.05) is 5.32 Å². The zero-order valence-corrected chi connectivity index (χ0v) is 11.5. The first kappa shape index (κ1) is 12.9. The highest BCUT2D eigenvalue weighted by molar-refractivity contribution is 8.03. The minimum atomic E-state index is -1.06. The zero-order valence-electron chi connectivity index (χ0n) is 10.7. The molecule has 1 aromatic heterocycles. The summed E-state index contributed by atoms with van der Waals surface area (Å²) in [6, 6.07) is 1.45. The molecule has 6 heteroatoms. The third kappa shape index (κ3) is 2.12. The Morgan fingerprint density at radius 1 is 1.55 bits per heavy atom. The molecule has 1 atom stereocenters. The van der Waals surface area contributed by atoms with E-state index in [4.69, 9.17) is 5.11 Å². The van der Waals surface area contributed by atoms with Gasteiger partial charge in [0.05, 0.1) is 11.3 Å². The fourth-order valence-electron chi connectivity index (χ4n) is 2.22. The van der Waals surface area contributed by atoms with Crippen LogP contribution >= 0.6 is 11.8 Å². The van der Waals surface area contributed by atoms with Gasteiger partial charge in [-0.3, -0.25) is 4.79 Å². The number of rotatable bonds is 1. The van der Waals surface area contributed by atoms with Crippen LogP contribution in [0.2, 0.25) is 0 Å². The second-order valence-corrected chi connectivity index (χ2v) is 5.79. The van der Waals surface area contributed by atoms with Gasteiger partial charge in [0, 0.05) is 16.7 Å². The molecule has 20 heavy (non-hydrogen) atoms. The SMILES string of the molecule is CC1CC=CC2=C1Sc1ncc(C(=O)O)cc1NC2=O. The van der Waals surface area contributed by atoms with Crippen molar-refractivity contribution in [3.05, 3.63) is 40.5 Å². The maximum atomic E-state index is 12.2. The van der Waals surface area contributed by atoms with Crippen molar-refractivity contribution >= 4 is 29.3 Å². The number of nitrogens with zero attached hydrogens (tertiary/aromatic N) is 1. The van der Waals surface area contributed by atoms with Crippen LogP contribution in [0.5, 0.6) is 0 Å². The Bertz CT molecular complexity index is 679. The summed E-state index contributed by atoms with van der Waals surface area (Å²) in [4.78, 5) is 28.4. The molecule has 1 amide bonds. The lowest BCUT2D eigenvalue weighted by molar-refractivity contribution is -0.112. The maximum absolute atomic E-state index is 12.2. The van der Waals surface area contributed by atoms with Crippen LogP contribution in [0.4, 0.5) is 5.69 Å². The molecule has 0 saturated carbocycles. The summed E-state index contributed by atoms with van der Waals surface area (Å²) in [5, 5.41) is 12.4. The predicted molar refractivity (Wildman–Crippen MR) is 75.6 cm³/mol. The first-order chi connectivity index (χ1) is 9.56. The number of aromatic nitrogens is 1. The predicted octanol–water partition coefficient (Wildman–Crippen LogP) is 2.67. The fraction of sp³-hybridized carbons (Fsp3) is 0.214. The van der Waals surface area contributed by atoms with Gasteiger partial charge in [-0.15, -0.1) is 0 Å². The van der Waals surface area contributed by atoms with Gasteiger partial charge in [-0.1, -0.05) is 30.8 Å². The quantitative estimate of drug-likeness (QED) is 0.830. The van der Waals surface area contributed by atoms with Gasteiger partial charge < -0.3 is 10.4 Å². The van der Waals surface area contributed by atoms with Crippen molar-refractivity contribution in [3.63, 3.8) is 0 Å². The van der Waals surface area contributed by atoms with Gasteiger partial charge in [-0.05, 0) is 18.4 Å². The lowest BCUT2D eigenvalue weighted by atomic mass is 9.97. The van der Waals surface area contributed by atoms with Gasteiger partial charge in [0.25, 0.3) is 5.91 Å². The Kier molecular flexibility index (Phi) is 3.10. The second-order valence-electron chi connectivity index (χ2n) is 4.76. The molecular formula is C14H12N2O3S. The molecule has 0 saturated heterocycles. The van der Waals surface area contributed by atoms with Crippen LogP contribution in [0.25, 0.3) is 0 Å². The highest BCUT2D eigenvalue weighted by Gasteiger charge is 2.27. The van der Waals surface area contributed by atoms with Crippen molar-refractivity contribution < 1.29 is 14.7 Å². The summed E-state index contributed by atoms with van der Waals surface area (Å²) in [5.74, 6) is -1.01. The van der Waals surface area contributed by atoms with Crippen molar-refractivity contribution in [2.45, 2.75) is 18.4 Å². The van der Waals surface area contributed by atoms with Crippen LogP contribution in [-0.2, 0) is 4.79 Å². The number of hydrogen-bond acceptors (Lipinski definition) is 4. The highest BCUT2D eigenvalue weighted by Crippen LogP contribution is 2.43. The average Bonchev–Trinajstić information content (AvgIpc) is 2.55. The summed E-state index contributed by atoms with van der Waals surface area (Å²) in [6.45, 7) is 2.07. The van der Waals surface area contributed by atoms with E-state index in [0.717, 1.165) is 11.3 Å². The van der Waals surface area contributed by atoms with Crippen LogP contribution in [0.3, 0.4) is 0 Å². The number of fused-ring (bicyclic) bond motifs is 1. The number of carbonyl (C=O) groups is 2. The Balaban J connectivity index is 2.07. The van der Waals surface area contributed by atoms with Crippen LogP contribution in [-0.4, -0.2) is 22.0 Å². The molecule has 2 heterocycles. The lowest BCUT2D eigenvalue weighted by Crippen LogP contribution is -2.16. The molecule has 1 aromatic rings. The van der Waals surface area contributed by atoms with Crippen LogP contribution in [0.1, 0.15) is 23.7 Å². The number of amides is 1. The Morgan fingerprint density at radius 3 is 3.10 bits per heavy atom. The molecular weight excluding hydrogens is 276 g/mol. The molecule has 5 nitrogen and oxygen atoms in total. The third-order valence-electron chi connectivity index (χ3n) is 3.28. The highest BCUT2D eigenvalue weighted by atomic mass is 32.2. The smallest absolute Gasteiger partial charge is 0.337 e. The monoisotopic (exact) mass is 288 g/mol. The molecule has 1 unspecified atom stereocenters. The number of thioether (sulfide) groups is 1. The fourth-order valence-corrected chi connectivity index (χ4v) is 3.32. The van der Waals surface area contributed by atoms with Gasteiger partial charge in [0.15, 0.2) is 0 Å². The topological polar surface area (TPSA) is 79.3 Å². The summed E-state index contributed by atoms with van der Waals surface area (Å²) in [7, 11) is 0. The van der Waals surface area contributed by atoms with Gasteiger partial charge in [0.2, 0.25) is 0 Å². The first-order valence-electron chi connectivity index (χ1n) is 6.19. The molecule has 1 aliphatic heterocycles. The second kappa shape index (κ2) is 4.79. The van der Waals surface area contributed by atoms with Crippen LogP contribution < -0.4 is 5.32 Å². The minimum Gasteiger partial charge on any atom is -0.478 e. The molecule has 0 bridgehead atoms.